The van der Waals surface area contributed by atoms with Gasteiger partial charge in [-0.2, -0.15) is 0 Å². The number of nitrogens with zero attached hydrogens (tertiary/aromatic N) is 1. The van der Waals surface area contributed by atoms with E-state index in [4.69, 9.17) is 11.6 Å². The normalized spacial score (nSPS) is 36.7. The van der Waals surface area contributed by atoms with Gasteiger partial charge in [0.15, 0.2) is 0 Å². The van der Waals surface area contributed by atoms with E-state index in [1.54, 1.807) is 29.2 Å². The number of nitrogens with one attached hydrogen (secondary N) is 1. The van der Waals surface area contributed by atoms with Crippen molar-refractivity contribution in [2.45, 2.75) is 51.0 Å². The molecule has 28 heavy (non-hydrogen) atoms. The lowest BCUT2D eigenvalue weighted by atomic mass is 9.81. The molecule has 1 aromatic rings. The molecule has 1 aliphatic heterocycles. The Morgan fingerprint density at radius 2 is 1.46 bits per heavy atom. The summed E-state index contributed by atoms with van der Waals surface area (Å²) in [5.41, 5.74) is 0.740. The highest BCUT2D eigenvalue weighted by Gasteiger charge is 2.61. The molecule has 148 valence electrons. The fourth-order valence-electron chi connectivity index (χ4n) is 6.17. The SMILES string of the molecule is O=C(Nc1ccc(Cl)cc1)C1CCC(N2C(=O)[C@H]3[C@@H]4CC[C@H](C4)[C@@H]3C2=O)CC1. The first-order chi connectivity index (χ1) is 13.5. The van der Waals surface area contributed by atoms with Crippen LogP contribution in [-0.4, -0.2) is 28.7 Å². The molecule has 4 fully saturated rings. The lowest BCUT2D eigenvalue weighted by Crippen LogP contribution is -2.44. The number of hydrogen-bond acceptors (Lipinski definition) is 3. The predicted octanol–water partition coefficient (Wildman–Crippen LogP) is 3.87. The molecule has 1 saturated heterocycles. The van der Waals surface area contributed by atoms with Gasteiger partial charge in [-0.1, -0.05) is 11.6 Å². The topological polar surface area (TPSA) is 66.5 Å². The van der Waals surface area contributed by atoms with Crippen molar-refractivity contribution in [1.82, 2.24) is 4.90 Å². The van der Waals surface area contributed by atoms with Crippen molar-refractivity contribution in [2.75, 3.05) is 5.32 Å². The molecule has 2 bridgehead atoms. The van der Waals surface area contributed by atoms with E-state index in [1.807, 2.05) is 0 Å². The summed E-state index contributed by atoms with van der Waals surface area (Å²) in [5.74, 6) is 0.864. The van der Waals surface area contributed by atoms with Gasteiger partial charge in [-0.3, -0.25) is 19.3 Å². The van der Waals surface area contributed by atoms with Crippen LogP contribution in [0.4, 0.5) is 5.69 Å². The number of fused-ring (bicyclic) bond motifs is 5. The molecular weight excluding hydrogens is 376 g/mol. The summed E-state index contributed by atoms with van der Waals surface area (Å²) in [6.45, 7) is 0. The van der Waals surface area contributed by atoms with Crippen LogP contribution in [0.1, 0.15) is 44.9 Å². The molecule has 3 amide bonds. The van der Waals surface area contributed by atoms with Crippen molar-refractivity contribution in [3.05, 3.63) is 29.3 Å². The second kappa shape index (κ2) is 6.87. The van der Waals surface area contributed by atoms with Crippen molar-refractivity contribution < 1.29 is 14.4 Å². The van der Waals surface area contributed by atoms with Gasteiger partial charge in [-0.25, -0.2) is 0 Å². The zero-order chi connectivity index (χ0) is 19.4. The highest BCUT2D eigenvalue weighted by Crippen LogP contribution is 2.56. The van der Waals surface area contributed by atoms with Crippen LogP contribution in [-0.2, 0) is 14.4 Å². The number of benzene rings is 1. The highest BCUT2D eigenvalue weighted by molar-refractivity contribution is 6.30. The Bertz CT molecular complexity index is 788. The summed E-state index contributed by atoms with van der Waals surface area (Å²) in [6, 6.07) is 7.07. The van der Waals surface area contributed by atoms with E-state index in [0.29, 0.717) is 29.7 Å². The quantitative estimate of drug-likeness (QED) is 0.783. The number of carbonyl (C=O) groups excluding carboxylic acids is 3. The van der Waals surface area contributed by atoms with Crippen molar-refractivity contribution in [2.24, 2.45) is 29.6 Å². The summed E-state index contributed by atoms with van der Waals surface area (Å²) in [7, 11) is 0. The van der Waals surface area contributed by atoms with Gasteiger partial charge < -0.3 is 5.32 Å². The van der Waals surface area contributed by atoms with E-state index in [0.717, 1.165) is 37.8 Å². The number of carbonyl (C=O) groups is 3. The summed E-state index contributed by atoms with van der Waals surface area (Å²) in [5, 5.41) is 3.58. The van der Waals surface area contributed by atoms with Gasteiger partial charge in [0, 0.05) is 22.7 Å². The number of imide groups is 1. The van der Waals surface area contributed by atoms with Gasteiger partial charge in [-0.05, 0) is 81.0 Å². The predicted molar refractivity (Wildman–Crippen MR) is 105 cm³/mol. The molecule has 0 spiro atoms. The van der Waals surface area contributed by atoms with E-state index >= 15 is 0 Å². The molecular formula is C22H25ClN2O3. The highest BCUT2D eigenvalue weighted by atomic mass is 35.5. The second-order valence-corrected chi connectivity index (χ2v) is 9.37. The van der Waals surface area contributed by atoms with Gasteiger partial charge in [-0.15, -0.1) is 0 Å². The molecule has 4 atom stereocenters. The molecule has 3 aliphatic carbocycles. The van der Waals surface area contributed by atoms with Gasteiger partial charge in [0.2, 0.25) is 17.7 Å². The van der Waals surface area contributed by atoms with Crippen molar-refractivity contribution in [3.63, 3.8) is 0 Å². The third-order valence-electron chi connectivity index (χ3n) is 7.51. The molecule has 5 rings (SSSR count). The number of amides is 3. The van der Waals surface area contributed by atoms with Crippen LogP contribution in [0.5, 0.6) is 0 Å². The Balaban J connectivity index is 1.20. The van der Waals surface area contributed by atoms with Gasteiger partial charge in [0.1, 0.15) is 0 Å². The minimum absolute atomic E-state index is 0.00904. The lowest BCUT2D eigenvalue weighted by Gasteiger charge is -2.33. The van der Waals surface area contributed by atoms with Crippen molar-refractivity contribution in [3.8, 4) is 0 Å². The molecule has 0 unspecified atom stereocenters. The molecule has 1 aromatic carbocycles. The Kier molecular flexibility index (Phi) is 4.46. The molecule has 0 aromatic heterocycles. The fourth-order valence-corrected chi connectivity index (χ4v) is 6.29. The first-order valence-corrected chi connectivity index (χ1v) is 10.8. The molecule has 1 N–H and O–H groups in total. The van der Waals surface area contributed by atoms with Gasteiger partial charge in [0.25, 0.3) is 0 Å². The van der Waals surface area contributed by atoms with E-state index < -0.39 is 0 Å². The largest absolute Gasteiger partial charge is 0.326 e. The van der Waals surface area contributed by atoms with E-state index in [1.165, 1.54) is 0 Å². The Morgan fingerprint density at radius 1 is 0.893 bits per heavy atom. The maximum atomic E-state index is 13.0. The third-order valence-corrected chi connectivity index (χ3v) is 7.76. The molecule has 4 aliphatic rings. The zero-order valence-corrected chi connectivity index (χ0v) is 16.5. The van der Waals surface area contributed by atoms with E-state index in [2.05, 4.69) is 5.32 Å². The van der Waals surface area contributed by atoms with Crippen LogP contribution in [0.2, 0.25) is 5.02 Å². The zero-order valence-electron chi connectivity index (χ0n) is 15.8. The number of anilines is 1. The molecule has 6 heteroatoms. The van der Waals surface area contributed by atoms with Crippen LogP contribution >= 0.6 is 11.6 Å². The van der Waals surface area contributed by atoms with Gasteiger partial charge in [0.05, 0.1) is 11.8 Å². The van der Waals surface area contributed by atoms with Crippen LogP contribution < -0.4 is 5.32 Å². The summed E-state index contributed by atoms with van der Waals surface area (Å²) < 4.78 is 0. The fraction of sp³-hybridized carbons (Fsp3) is 0.591. The summed E-state index contributed by atoms with van der Waals surface area (Å²) in [6.07, 6.45) is 6.16. The Morgan fingerprint density at radius 3 is 2.04 bits per heavy atom. The van der Waals surface area contributed by atoms with E-state index in [9.17, 15) is 14.4 Å². The minimum Gasteiger partial charge on any atom is -0.326 e. The molecule has 3 saturated carbocycles. The lowest BCUT2D eigenvalue weighted by molar-refractivity contribution is -0.144. The first kappa shape index (κ1) is 18.2. The summed E-state index contributed by atoms with van der Waals surface area (Å²) in [4.78, 5) is 40.1. The standard InChI is InChI=1S/C22H25ClN2O3/c23-15-5-7-16(8-6-15)24-20(26)12-3-9-17(10-4-12)25-21(27)18-13-1-2-14(11-13)19(18)22(25)28/h5-8,12-14,17-19H,1-4,9-11H2,(H,24,26)/t12?,13-,14-,17?,18+,19+/m1/s1. The molecule has 1 heterocycles. The van der Waals surface area contributed by atoms with Crippen LogP contribution in [0.3, 0.4) is 0 Å². The number of halogens is 1. The maximum Gasteiger partial charge on any atom is 0.233 e. The Hall–Kier alpha value is -1.88. The van der Waals surface area contributed by atoms with Crippen molar-refractivity contribution in [1.29, 1.82) is 0 Å². The number of likely N-dealkylation sites (tertiary alicyclic amines) is 1. The average Bonchev–Trinajstić information content (AvgIpc) is 3.38. The van der Waals surface area contributed by atoms with E-state index in [-0.39, 0.29) is 41.5 Å². The van der Waals surface area contributed by atoms with Gasteiger partial charge >= 0.3 is 0 Å². The number of hydrogen-bond donors (Lipinski definition) is 1. The van der Waals surface area contributed by atoms with Crippen LogP contribution in [0.15, 0.2) is 24.3 Å². The second-order valence-electron chi connectivity index (χ2n) is 8.93. The Labute approximate surface area is 169 Å². The van der Waals surface area contributed by atoms with Crippen LogP contribution in [0.25, 0.3) is 0 Å². The maximum absolute atomic E-state index is 13.0. The third kappa shape index (κ3) is 2.86. The van der Waals surface area contributed by atoms with Crippen molar-refractivity contribution >= 4 is 35.0 Å². The summed E-state index contributed by atoms with van der Waals surface area (Å²) >= 11 is 5.88. The van der Waals surface area contributed by atoms with Crippen LogP contribution in [0, 0.1) is 29.6 Å². The molecule has 0 radical (unpaired) electrons. The smallest absolute Gasteiger partial charge is 0.233 e. The first-order valence-electron chi connectivity index (χ1n) is 10.5. The number of rotatable bonds is 3. The monoisotopic (exact) mass is 400 g/mol. The minimum atomic E-state index is -0.0737. The average molecular weight is 401 g/mol. The molecule has 5 nitrogen and oxygen atoms in total.